The van der Waals surface area contributed by atoms with Gasteiger partial charge in [0.2, 0.25) is 10.0 Å². The maximum Gasteiger partial charge on any atom is 0.240 e. The lowest BCUT2D eigenvalue weighted by atomic mass is 10.2. The van der Waals surface area contributed by atoms with Gasteiger partial charge in [0.05, 0.1) is 12.3 Å². The van der Waals surface area contributed by atoms with E-state index in [2.05, 4.69) is 23.6 Å². The highest BCUT2D eigenvalue weighted by molar-refractivity contribution is 7.89. The van der Waals surface area contributed by atoms with E-state index < -0.39 is 10.0 Å². The molecule has 0 aliphatic carbocycles. The molecule has 1 fully saturated rings. The Morgan fingerprint density at radius 2 is 1.83 bits per heavy atom. The van der Waals surface area contributed by atoms with Crippen LogP contribution in [0.5, 0.6) is 0 Å². The zero-order valence-electron chi connectivity index (χ0n) is 13.9. The van der Waals surface area contributed by atoms with Crippen molar-refractivity contribution < 1.29 is 13.2 Å². The summed E-state index contributed by atoms with van der Waals surface area (Å²) < 4.78 is 29.1. The Labute approximate surface area is 139 Å². The molecule has 1 aliphatic heterocycles. The van der Waals surface area contributed by atoms with Crippen molar-refractivity contribution in [2.24, 2.45) is 11.1 Å². The lowest BCUT2D eigenvalue weighted by molar-refractivity contribution is 0.0838. The van der Waals surface area contributed by atoms with Crippen molar-refractivity contribution in [3.63, 3.8) is 0 Å². The van der Waals surface area contributed by atoms with E-state index in [0.29, 0.717) is 11.6 Å². The van der Waals surface area contributed by atoms with Gasteiger partial charge in [-0.15, -0.1) is 0 Å². The smallest absolute Gasteiger partial charge is 0.240 e. The van der Waals surface area contributed by atoms with Crippen LogP contribution in [0.25, 0.3) is 0 Å². The Hall–Kier alpha value is -1.15. The average Bonchev–Trinajstić information content (AvgIpc) is 2.51. The van der Waals surface area contributed by atoms with Gasteiger partial charge >= 0.3 is 0 Å². The third kappa shape index (κ3) is 5.46. The van der Waals surface area contributed by atoms with Crippen LogP contribution >= 0.6 is 0 Å². The second kappa shape index (κ2) is 8.10. The van der Waals surface area contributed by atoms with Gasteiger partial charge in [0.25, 0.3) is 0 Å². The van der Waals surface area contributed by atoms with Crippen LogP contribution in [0.1, 0.15) is 13.8 Å². The maximum absolute atomic E-state index is 11.7. The molecule has 1 aromatic rings. The summed E-state index contributed by atoms with van der Waals surface area (Å²) in [6, 6.07) is 6.93. The predicted molar refractivity (Wildman–Crippen MR) is 92.1 cm³/mol. The maximum atomic E-state index is 11.7. The topological polar surface area (TPSA) is 75.9 Å². The number of nitrogens with two attached hydrogens (primary N) is 1. The van der Waals surface area contributed by atoms with Gasteiger partial charge in [-0.3, -0.25) is 4.90 Å². The molecule has 1 heterocycles. The zero-order valence-corrected chi connectivity index (χ0v) is 14.8. The minimum atomic E-state index is -3.70. The average molecular weight is 341 g/mol. The molecule has 1 saturated heterocycles. The van der Waals surface area contributed by atoms with E-state index >= 15 is 0 Å². The van der Waals surface area contributed by atoms with E-state index in [-0.39, 0.29) is 4.90 Å². The van der Waals surface area contributed by atoms with Gasteiger partial charge in [-0.05, 0) is 18.1 Å². The number of rotatable bonds is 7. The summed E-state index contributed by atoms with van der Waals surface area (Å²) in [6.45, 7) is 10.1. The zero-order chi connectivity index (χ0) is 16.9. The summed E-state index contributed by atoms with van der Waals surface area (Å²) >= 11 is 0. The SMILES string of the molecule is CC(C)COCCN1CCN(c2ccccc2S(N)(=O)=O)CC1. The lowest BCUT2D eigenvalue weighted by Crippen LogP contribution is -2.47. The Morgan fingerprint density at radius 1 is 1.17 bits per heavy atom. The van der Waals surface area contributed by atoms with Crippen LogP contribution < -0.4 is 10.0 Å². The van der Waals surface area contributed by atoms with Crippen molar-refractivity contribution in [3.8, 4) is 0 Å². The molecule has 0 bridgehead atoms. The number of benzene rings is 1. The second-order valence-corrected chi connectivity index (χ2v) is 7.84. The summed E-state index contributed by atoms with van der Waals surface area (Å²) in [5.41, 5.74) is 0.700. The molecule has 0 amide bonds. The van der Waals surface area contributed by atoms with Crippen LogP contribution in [-0.2, 0) is 14.8 Å². The third-order valence-corrected chi connectivity index (χ3v) is 4.85. The summed E-state index contributed by atoms with van der Waals surface area (Å²) in [7, 11) is -3.70. The van der Waals surface area contributed by atoms with Crippen molar-refractivity contribution in [3.05, 3.63) is 24.3 Å². The van der Waals surface area contributed by atoms with E-state index in [0.717, 1.165) is 45.9 Å². The first-order valence-corrected chi connectivity index (χ1v) is 9.59. The molecule has 0 spiro atoms. The highest BCUT2D eigenvalue weighted by Crippen LogP contribution is 2.24. The summed E-state index contributed by atoms with van der Waals surface area (Å²) in [4.78, 5) is 4.63. The minimum absolute atomic E-state index is 0.203. The number of sulfonamides is 1. The van der Waals surface area contributed by atoms with E-state index in [1.807, 2.05) is 12.1 Å². The molecule has 2 N–H and O–H groups in total. The quantitative estimate of drug-likeness (QED) is 0.753. The number of nitrogens with zero attached hydrogens (tertiary/aromatic N) is 2. The van der Waals surface area contributed by atoms with Crippen LogP contribution in [0.15, 0.2) is 29.2 Å². The fourth-order valence-corrected chi connectivity index (χ4v) is 3.44. The molecule has 23 heavy (non-hydrogen) atoms. The van der Waals surface area contributed by atoms with E-state index in [1.165, 1.54) is 0 Å². The first-order chi connectivity index (χ1) is 10.9. The van der Waals surface area contributed by atoms with Gasteiger partial charge in [0.1, 0.15) is 4.90 Å². The molecule has 0 aromatic heterocycles. The van der Waals surface area contributed by atoms with E-state index in [4.69, 9.17) is 9.88 Å². The van der Waals surface area contributed by atoms with Crippen LogP contribution in [-0.4, -0.2) is 59.3 Å². The monoisotopic (exact) mass is 341 g/mol. The Balaban J connectivity index is 1.88. The first kappa shape index (κ1) is 18.2. The van der Waals surface area contributed by atoms with Crippen molar-refractivity contribution in [2.45, 2.75) is 18.7 Å². The Morgan fingerprint density at radius 3 is 2.43 bits per heavy atom. The molecule has 0 saturated carbocycles. The van der Waals surface area contributed by atoms with Crippen LogP contribution in [0.3, 0.4) is 0 Å². The predicted octanol–water partition coefficient (Wildman–Crippen LogP) is 1.13. The number of piperazine rings is 1. The molecule has 6 nitrogen and oxygen atoms in total. The normalized spacial score (nSPS) is 17.0. The van der Waals surface area contributed by atoms with Gasteiger partial charge < -0.3 is 9.64 Å². The number of hydrogen-bond acceptors (Lipinski definition) is 5. The summed E-state index contributed by atoms with van der Waals surface area (Å²) in [5.74, 6) is 0.557. The molecule has 2 rings (SSSR count). The van der Waals surface area contributed by atoms with E-state index in [1.54, 1.807) is 12.1 Å². The fraction of sp³-hybridized carbons (Fsp3) is 0.625. The van der Waals surface area contributed by atoms with Crippen molar-refractivity contribution in [2.75, 3.05) is 50.8 Å². The summed E-state index contributed by atoms with van der Waals surface area (Å²) in [6.07, 6.45) is 0. The van der Waals surface area contributed by atoms with Crippen molar-refractivity contribution in [1.82, 2.24) is 4.90 Å². The standard InChI is InChI=1S/C16H27N3O3S/c1-14(2)13-22-12-11-18-7-9-19(10-8-18)15-5-3-4-6-16(15)23(17,20)21/h3-6,14H,7-13H2,1-2H3,(H2,17,20,21). The molecule has 0 radical (unpaired) electrons. The number of primary sulfonamides is 1. The first-order valence-electron chi connectivity index (χ1n) is 8.05. The van der Waals surface area contributed by atoms with E-state index in [9.17, 15) is 8.42 Å². The van der Waals surface area contributed by atoms with Crippen LogP contribution in [0.2, 0.25) is 0 Å². The third-order valence-electron chi connectivity index (χ3n) is 3.89. The Kier molecular flexibility index (Phi) is 6.41. The van der Waals surface area contributed by atoms with Crippen molar-refractivity contribution in [1.29, 1.82) is 0 Å². The number of ether oxygens (including phenoxy) is 1. The molecule has 1 aliphatic rings. The number of anilines is 1. The fourth-order valence-electron chi connectivity index (χ4n) is 2.68. The second-order valence-electron chi connectivity index (χ2n) is 6.31. The molecule has 7 heteroatoms. The van der Waals surface area contributed by atoms with Gasteiger partial charge in [0.15, 0.2) is 0 Å². The Bertz CT molecular complexity index is 596. The van der Waals surface area contributed by atoms with Gasteiger partial charge in [0, 0.05) is 39.3 Å². The van der Waals surface area contributed by atoms with Crippen molar-refractivity contribution >= 4 is 15.7 Å². The molecular weight excluding hydrogens is 314 g/mol. The molecule has 0 atom stereocenters. The van der Waals surface area contributed by atoms with Gasteiger partial charge in [-0.2, -0.15) is 0 Å². The lowest BCUT2D eigenvalue weighted by Gasteiger charge is -2.36. The minimum Gasteiger partial charge on any atom is -0.380 e. The largest absolute Gasteiger partial charge is 0.380 e. The highest BCUT2D eigenvalue weighted by Gasteiger charge is 2.22. The molecule has 0 unspecified atom stereocenters. The number of hydrogen-bond donors (Lipinski definition) is 1. The molecule has 130 valence electrons. The molecule has 1 aromatic carbocycles. The van der Waals surface area contributed by atoms with Gasteiger partial charge in [-0.25, -0.2) is 13.6 Å². The molecular formula is C16H27N3O3S. The highest BCUT2D eigenvalue weighted by atomic mass is 32.2. The van der Waals surface area contributed by atoms with Gasteiger partial charge in [-0.1, -0.05) is 26.0 Å². The van der Waals surface area contributed by atoms with Crippen LogP contribution in [0.4, 0.5) is 5.69 Å². The van der Waals surface area contributed by atoms with Crippen LogP contribution in [0, 0.1) is 5.92 Å². The number of para-hydroxylation sites is 1. The summed E-state index contributed by atoms with van der Waals surface area (Å²) in [5, 5.41) is 5.32.